The highest BCUT2D eigenvalue weighted by atomic mass is 16.3. The largest absolute Gasteiger partial charge is 0.252 e. The topological polar surface area (TPSA) is 32.1 Å². The summed E-state index contributed by atoms with van der Waals surface area (Å²) in [5, 5.41) is 3.03. The molecule has 1 heterocycles. The fraction of sp³-hybridized carbons (Fsp3) is 1.00. The number of nitrogens with one attached hydrogen (secondary N) is 1. The molecule has 2 atom stereocenters. The summed E-state index contributed by atoms with van der Waals surface area (Å²) in [5.41, 5.74) is 0. The van der Waals surface area contributed by atoms with Crippen LogP contribution in [-0.2, 0) is 0 Å². The van der Waals surface area contributed by atoms with Crippen molar-refractivity contribution in [3.8, 4) is 0 Å². The summed E-state index contributed by atoms with van der Waals surface area (Å²) >= 11 is 0. The Morgan fingerprint density at radius 3 is 2.38 bits per heavy atom. The average Bonchev–Trinajstić information content (AvgIpc) is 1.98. The Bertz CT molecular complexity index is 101. The molecule has 0 bridgehead atoms. The van der Waals surface area contributed by atoms with E-state index in [2.05, 4.69) is 5.32 Å². The van der Waals surface area contributed by atoms with Gasteiger partial charge in [-0.2, -0.15) is 0 Å². The van der Waals surface area contributed by atoms with Crippen LogP contribution in [0.25, 0.3) is 0 Å². The molecule has 0 aromatic carbocycles. The molecule has 1 N–H and O–H groups in total. The molecule has 1 aliphatic heterocycles. The molecule has 0 aromatic rings. The predicted molar refractivity (Wildman–Crippen MR) is 30.6 cm³/mol. The molecule has 46 valence electrons. The molecule has 3 nitrogen and oxygen atoms in total. The third-order valence-electron chi connectivity index (χ3n) is 1.52. The van der Waals surface area contributed by atoms with Crippen molar-refractivity contribution in [3.05, 3.63) is 4.91 Å². The third-order valence-corrected chi connectivity index (χ3v) is 1.52. The average molecular weight is 115 g/mol. The lowest BCUT2D eigenvalue weighted by atomic mass is 10.4. The monoisotopic (exact) mass is 115 g/mol. The quantitative estimate of drug-likeness (QED) is 0.454. The first kappa shape index (κ1) is 5.69. The Balaban J connectivity index is 2.57. The zero-order chi connectivity index (χ0) is 6.15. The fourth-order valence-electron chi connectivity index (χ4n) is 0.903. The van der Waals surface area contributed by atoms with Crippen LogP contribution in [0.4, 0.5) is 0 Å². The maximum Gasteiger partial charge on any atom is 0.252 e. The lowest BCUT2D eigenvalue weighted by Gasteiger charge is -1.88. The van der Waals surface area contributed by atoms with E-state index in [1.165, 1.54) is 0 Å². The molecule has 3 heteroatoms. The van der Waals surface area contributed by atoms with Gasteiger partial charge in [0.1, 0.15) is 0 Å². The Kier molecular flexibility index (Phi) is 1.29. The van der Waals surface area contributed by atoms with Crippen LogP contribution in [0, 0.1) is 4.91 Å². The molecule has 0 radical (unpaired) electrons. The molecular formula is C5H11N2O+. The van der Waals surface area contributed by atoms with E-state index in [1.54, 1.807) is 0 Å². The maximum atomic E-state index is 10.8. The van der Waals surface area contributed by atoms with Gasteiger partial charge in [-0.25, -0.2) is 5.32 Å². The van der Waals surface area contributed by atoms with Crippen LogP contribution in [0.15, 0.2) is 0 Å². The van der Waals surface area contributed by atoms with Crippen molar-refractivity contribution >= 4 is 0 Å². The minimum Gasteiger partial charge on any atom is -0.249 e. The minimum atomic E-state index is 0.0185. The highest BCUT2D eigenvalue weighted by Crippen LogP contribution is 2.00. The van der Waals surface area contributed by atoms with E-state index in [0.29, 0.717) is 0 Å². The lowest BCUT2D eigenvalue weighted by Crippen LogP contribution is -2.24. The van der Waals surface area contributed by atoms with E-state index in [4.69, 9.17) is 0 Å². The Morgan fingerprint density at radius 2 is 2.25 bits per heavy atom. The Hall–Kier alpha value is -0.440. The number of hydrogen-bond donors (Lipinski definition) is 1. The second-order valence-corrected chi connectivity index (χ2v) is 2.29. The molecule has 0 amide bonds. The van der Waals surface area contributed by atoms with E-state index in [-0.39, 0.29) is 12.2 Å². The minimum absolute atomic E-state index is 0.0185. The van der Waals surface area contributed by atoms with Crippen molar-refractivity contribution in [1.82, 2.24) is 5.32 Å². The Morgan fingerprint density at radius 1 is 1.62 bits per heavy atom. The number of nitroso groups, excluding NO2 is 1. The van der Waals surface area contributed by atoms with Crippen LogP contribution >= 0.6 is 0 Å². The van der Waals surface area contributed by atoms with Crippen molar-refractivity contribution in [2.45, 2.75) is 26.1 Å². The summed E-state index contributed by atoms with van der Waals surface area (Å²) in [6.45, 7) is 4.62. The second kappa shape index (κ2) is 1.82. The van der Waals surface area contributed by atoms with E-state index >= 15 is 0 Å². The van der Waals surface area contributed by atoms with Gasteiger partial charge in [-0.15, -0.1) is 0 Å². The van der Waals surface area contributed by atoms with Gasteiger partial charge in [0.25, 0.3) is 6.17 Å². The van der Waals surface area contributed by atoms with E-state index in [1.807, 2.05) is 13.8 Å². The molecule has 0 saturated carbocycles. The predicted octanol–water partition coefficient (Wildman–Crippen LogP) is 0.103. The van der Waals surface area contributed by atoms with Gasteiger partial charge in [0.15, 0.2) is 0 Å². The van der Waals surface area contributed by atoms with Crippen molar-refractivity contribution in [2.75, 3.05) is 6.54 Å². The van der Waals surface area contributed by atoms with Crippen LogP contribution in [0.5, 0.6) is 0 Å². The molecule has 1 rings (SSSR count). The van der Waals surface area contributed by atoms with Gasteiger partial charge >= 0.3 is 0 Å². The van der Waals surface area contributed by atoms with Gasteiger partial charge in [-0.3, -0.25) is 0 Å². The van der Waals surface area contributed by atoms with Crippen LogP contribution in [-0.4, -0.2) is 23.5 Å². The molecule has 0 aromatic heterocycles. The highest BCUT2D eigenvalue weighted by molar-refractivity contribution is 4.61. The zero-order valence-corrected chi connectivity index (χ0v) is 5.22. The molecule has 2 unspecified atom stereocenters. The van der Waals surface area contributed by atoms with Crippen molar-refractivity contribution in [1.29, 1.82) is 0 Å². The molecule has 1 aliphatic rings. The summed E-state index contributed by atoms with van der Waals surface area (Å²) in [5.74, 6) is 0. The van der Waals surface area contributed by atoms with Gasteiger partial charge in [0.2, 0.25) is 6.04 Å². The van der Waals surface area contributed by atoms with E-state index in [9.17, 15) is 4.91 Å². The van der Waals surface area contributed by atoms with E-state index < -0.39 is 0 Å². The first-order chi connectivity index (χ1) is 3.72. The molecule has 1 saturated heterocycles. The van der Waals surface area contributed by atoms with Gasteiger partial charge < -0.3 is 0 Å². The normalized spacial score (nSPS) is 38.5. The highest BCUT2D eigenvalue weighted by Gasteiger charge is 2.33. The molecule has 8 heavy (non-hydrogen) atoms. The first-order valence-corrected chi connectivity index (χ1v) is 2.90. The molecule has 0 spiro atoms. The summed E-state index contributed by atoms with van der Waals surface area (Å²) in [7, 11) is 0. The van der Waals surface area contributed by atoms with Crippen LogP contribution in [0.2, 0.25) is 0 Å². The van der Waals surface area contributed by atoms with Crippen molar-refractivity contribution in [2.24, 2.45) is 0 Å². The smallest absolute Gasteiger partial charge is 0.249 e. The fourth-order valence-corrected chi connectivity index (χ4v) is 0.903. The molecule has 1 fully saturated rings. The van der Waals surface area contributed by atoms with Crippen molar-refractivity contribution < 1.29 is 4.76 Å². The van der Waals surface area contributed by atoms with Crippen LogP contribution in [0.1, 0.15) is 13.8 Å². The second-order valence-electron chi connectivity index (χ2n) is 2.29. The summed E-state index contributed by atoms with van der Waals surface area (Å²) in [4.78, 5) is 10.8. The van der Waals surface area contributed by atoms with Gasteiger partial charge in [0, 0.05) is 23.5 Å². The van der Waals surface area contributed by atoms with Crippen molar-refractivity contribution in [3.63, 3.8) is 0 Å². The Labute approximate surface area is 48.6 Å². The van der Waals surface area contributed by atoms with Crippen LogP contribution in [0.3, 0.4) is 0 Å². The van der Waals surface area contributed by atoms with Gasteiger partial charge in [-0.05, 0) is 0 Å². The maximum absolute atomic E-state index is 10.8. The number of nitrogens with zero attached hydrogens (tertiary/aromatic N) is 1. The SMILES string of the molecule is CC1CNC(C)[N+]1=O. The molecular weight excluding hydrogens is 104 g/mol. The first-order valence-electron chi connectivity index (χ1n) is 2.90. The summed E-state index contributed by atoms with van der Waals surface area (Å²) < 4.78 is 1.08. The standard InChI is InChI=1S/C5H11N2O/c1-4-3-6-5(2)7(4)8/h4-6H,3H2,1-2H3/q+1. The summed E-state index contributed by atoms with van der Waals surface area (Å²) in [6.07, 6.45) is 0.0185. The zero-order valence-electron chi connectivity index (χ0n) is 5.22. The van der Waals surface area contributed by atoms with Gasteiger partial charge in [-0.1, -0.05) is 0 Å². The molecule has 0 aliphatic carbocycles. The number of rotatable bonds is 0. The van der Waals surface area contributed by atoms with Crippen LogP contribution < -0.4 is 5.32 Å². The van der Waals surface area contributed by atoms with E-state index in [0.717, 1.165) is 11.3 Å². The lowest BCUT2D eigenvalue weighted by molar-refractivity contribution is -0.592. The summed E-state index contributed by atoms with van der Waals surface area (Å²) in [6, 6.07) is 0.157. The third kappa shape index (κ3) is 0.733. The number of hydrogen-bond acceptors (Lipinski definition) is 2. The van der Waals surface area contributed by atoms with Gasteiger partial charge in [0.05, 0.1) is 6.54 Å².